The van der Waals surface area contributed by atoms with Crippen molar-refractivity contribution in [1.29, 1.82) is 0 Å². The molecule has 0 aliphatic carbocycles. The lowest BCUT2D eigenvalue weighted by Gasteiger charge is -2.12. The third-order valence-electron chi connectivity index (χ3n) is 3.57. The molecule has 0 unspecified atom stereocenters. The minimum Gasteiger partial charge on any atom is -0.331 e. The number of imidazole rings is 1. The Bertz CT molecular complexity index is 550. The molecule has 0 amide bonds. The molecule has 0 spiro atoms. The summed E-state index contributed by atoms with van der Waals surface area (Å²) in [5.41, 5.74) is 4.83. The van der Waals surface area contributed by atoms with Crippen LogP contribution < -0.4 is 5.32 Å². The number of nitrogens with zero attached hydrogens (tertiary/aromatic N) is 4. The lowest BCUT2D eigenvalue weighted by atomic mass is 10.2. The van der Waals surface area contributed by atoms with E-state index < -0.39 is 0 Å². The fraction of sp³-hybridized carbons (Fsp3) is 0.571. The van der Waals surface area contributed by atoms with Crippen LogP contribution in [0.3, 0.4) is 0 Å². The molecule has 1 N–H and O–H groups in total. The summed E-state index contributed by atoms with van der Waals surface area (Å²) in [6, 6.07) is 0.446. The summed E-state index contributed by atoms with van der Waals surface area (Å²) in [6.07, 6.45) is 3.82. The van der Waals surface area contributed by atoms with Crippen LogP contribution in [0.2, 0.25) is 0 Å². The molecule has 5 heteroatoms. The number of aromatic nitrogens is 4. The molecular weight excluding hydrogens is 238 g/mol. The second-order valence-corrected chi connectivity index (χ2v) is 5.26. The van der Waals surface area contributed by atoms with E-state index in [2.05, 4.69) is 47.7 Å². The maximum atomic E-state index is 4.43. The highest BCUT2D eigenvalue weighted by molar-refractivity contribution is 5.24. The summed E-state index contributed by atoms with van der Waals surface area (Å²) in [4.78, 5) is 4.21. The number of nitrogens with one attached hydrogen (secondary N) is 1. The average molecular weight is 261 g/mol. The van der Waals surface area contributed by atoms with Crippen molar-refractivity contribution >= 4 is 0 Å². The van der Waals surface area contributed by atoms with Crippen LogP contribution in [0.4, 0.5) is 0 Å². The van der Waals surface area contributed by atoms with Crippen molar-refractivity contribution in [2.24, 2.45) is 7.05 Å². The highest BCUT2D eigenvalue weighted by Gasteiger charge is 2.09. The molecule has 0 aromatic carbocycles. The van der Waals surface area contributed by atoms with Gasteiger partial charge in [0, 0.05) is 43.6 Å². The monoisotopic (exact) mass is 261 g/mol. The van der Waals surface area contributed by atoms with Gasteiger partial charge >= 0.3 is 0 Å². The van der Waals surface area contributed by atoms with Gasteiger partial charge in [0.25, 0.3) is 0 Å². The van der Waals surface area contributed by atoms with Crippen molar-refractivity contribution in [2.45, 2.75) is 46.8 Å². The van der Waals surface area contributed by atoms with Crippen LogP contribution in [0.5, 0.6) is 0 Å². The molecule has 2 rings (SSSR count). The Kier molecular flexibility index (Phi) is 4.04. The molecular formula is C14H23N5. The van der Waals surface area contributed by atoms with Crippen LogP contribution in [-0.4, -0.2) is 19.3 Å². The number of hydrogen-bond donors (Lipinski definition) is 1. The molecule has 19 heavy (non-hydrogen) atoms. The van der Waals surface area contributed by atoms with Crippen molar-refractivity contribution in [1.82, 2.24) is 24.6 Å². The average Bonchev–Trinajstić information content (AvgIpc) is 2.89. The molecule has 2 aromatic heterocycles. The van der Waals surface area contributed by atoms with Crippen LogP contribution in [0.15, 0.2) is 12.5 Å². The Hall–Kier alpha value is -1.62. The highest BCUT2D eigenvalue weighted by atomic mass is 15.3. The van der Waals surface area contributed by atoms with Gasteiger partial charge in [-0.25, -0.2) is 4.98 Å². The first-order valence-corrected chi connectivity index (χ1v) is 6.71. The summed E-state index contributed by atoms with van der Waals surface area (Å²) >= 11 is 0. The maximum absolute atomic E-state index is 4.43. The quantitative estimate of drug-likeness (QED) is 0.896. The van der Waals surface area contributed by atoms with Crippen LogP contribution in [0.25, 0.3) is 0 Å². The van der Waals surface area contributed by atoms with E-state index in [0.29, 0.717) is 6.04 Å². The third kappa shape index (κ3) is 2.87. The normalized spacial score (nSPS) is 11.5. The van der Waals surface area contributed by atoms with Gasteiger partial charge in [0.15, 0.2) is 0 Å². The number of rotatable bonds is 5. The van der Waals surface area contributed by atoms with E-state index in [-0.39, 0.29) is 0 Å². The zero-order chi connectivity index (χ0) is 14.0. The van der Waals surface area contributed by atoms with E-state index in [1.54, 1.807) is 0 Å². The SMILES string of the molecule is Cc1nn(C)c(C)c1CNCc1cncn1C(C)C. The Morgan fingerprint density at radius 1 is 1.26 bits per heavy atom. The first-order chi connectivity index (χ1) is 9.00. The molecule has 0 aliphatic rings. The van der Waals surface area contributed by atoms with E-state index in [4.69, 9.17) is 0 Å². The summed E-state index contributed by atoms with van der Waals surface area (Å²) in [5, 5.41) is 7.91. The first-order valence-electron chi connectivity index (χ1n) is 6.71. The van der Waals surface area contributed by atoms with Gasteiger partial charge in [-0.3, -0.25) is 4.68 Å². The number of aryl methyl sites for hydroxylation is 2. The van der Waals surface area contributed by atoms with Crippen molar-refractivity contribution in [3.8, 4) is 0 Å². The predicted molar refractivity (Wildman–Crippen MR) is 75.8 cm³/mol. The Balaban J connectivity index is 1.98. The first kappa shape index (κ1) is 13.8. The topological polar surface area (TPSA) is 47.7 Å². The minimum absolute atomic E-state index is 0.446. The fourth-order valence-electron chi connectivity index (χ4n) is 2.32. The largest absolute Gasteiger partial charge is 0.331 e. The second-order valence-electron chi connectivity index (χ2n) is 5.26. The summed E-state index contributed by atoms with van der Waals surface area (Å²) in [7, 11) is 1.99. The predicted octanol–water partition coefficient (Wildman–Crippen LogP) is 2.10. The van der Waals surface area contributed by atoms with Crippen LogP contribution >= 0.6 is 0 Å². The van der Waals surface area contributed by atoms with E-state index in [1.807, 2.05) is 24.3 Å². The summed E-state index contributed by atoms with van der Waals surface area (Å²) in [6.45, 7) is 10.2. The molecule has 0 saturated carbocycles. The lowest BCUT2D eigenvalue weighted by molar-refractivity contribution is 0.550. The van der Waals surface area contributed by atoms with E-state index >= 15 is 0 Å². The van der Waals surface area contributed by atoms with E-state index in [1.165, 1.54) is 17.0 Å². The second kappa shape index (κ2) is 5.57. The molecule has 0 aliphatic heterocycles. The summed E-state index contributed by atoms with van der Waals surface area (Å²) < 4.78 is 4.13. The van der Waals surface area contributed by atoms with Crippen molar-refractivity contribution in [3.63, 3.8) is 0 Å². The van der Waals surface area contributed by atoms with Crippen LogP contribution in [-0.2, 0) is 20.1 Å². The van der Waals surface area contributed by atoms with Gasteiger partial charge < -0.3 is 9.88 Å². The third-order valence-corrected chi connectivity index (χ3v) is 3.57. The smallest absolute Gasteiger partial charge is 0.0951 e. The molecule has 0 atom stereocenters. The standard InChI is InChI=1S/C14H23N5/c1-10(2)19-9-16-7-13(19)6-15-8-14-11(3)17-18(5)12(14)4/h7,9-10,15H,6,8H2,1-5H3. The van der Waals surface area contributed by atoms with Gasteiger partial charge in [0.2, 0.25) is 0 Å². The zero-order valence-corrected chi connectivity index (χ0v) is 12.4. The molecule has 5 nitrogen and oxygen atoms in total. The highest BCUT2D eigenvalue weighted by Crippen LogP contribution is 2.12. The fourth-order valence-corrected chi connectivity index (χ4v) is 2.32. The maximum Gasteiger partial charge on any atom is 0.0951 e. The zero-order valence-electron chi connectivity index (χ0n) is 12.4. The molecule has 0 fully saturated rings. The molecule has 0 radical (unpaired) electrons. The van der Waals surface area contributed by atoms with Crippen LogP contribution in [0, 0.1) is 13.8 Å². The molecule has 2 heterocycles. The van der Waals surface area contributed by atoms with Gasteiger partial charge in [-0.15, -0.1) is 0 Å². The van der Waals surface area contributed by atoms with Crippen molar-refractivity contribution in [2.75, 3.05) is 0 Å². The van der Waals surface area contributed by atoms with Gasteiger partial charge in [-0.2, -0.15) is 5.10 Å². The molecule has 0 saturated heterocycles. The van der Waals surface area contributed by atoms with Crippen molar-refractivity contribution in [3.05, 3.63) is 35.2 Å². The summed E-state index contributed by atoms with van der Waals surface area (Å²) in [5.74, 6) is 0. The van der Waals surface area contributed by atoms with Gasteiger partial charge in [-0.05, 0) is 27.7 Å². The van der Waals surface area contributed by atoms with E-state index in [0.717, 1.165) is 18.8 Å². The lowest BCUT2D eigenvalue weighted by Crippen LogP contribution is -2.17. The van der Waals surface area contributed by atoms with Gasteiger partial charge in [0.05, 0.1) is 17.7 Å². The Morgan fingerprint density at radius 2 is 2.00 bits per heavy atom. The molecule has 0 bridgehead atoms. The Morgan fingerprint density at radius 3 is 2.58 bits per heavy atom. The molecule has 2 aromatic rings. The number of hydrogen-bond acceptors (Lipinski definition) is 3. The van der Waals surface area contributed by atoms with E-state index in [9.17, 15) is 0 Å². The van der Waals surface area contributed by atoms with Gasteiger partial charge in [0.1, 0.15) is 0 Å². The van der Waals surface area contributed by atoms with Crippen molar-refractivity contribution < 1.29 is 0 Å². The van der Waals surface area contributed by atoms with Crippen LogP contribution in [0.1, 0.15) is 42.5 Å². The minimum atomic E-state index is 0.446. The Labute approximate surface area is 114 Å². The molecule has 104 valence electrons. The van der Waals surface area contributed by atoms with Gasteiger partial charge in [-0.1, -0.05) is 0 Å².